The Balaban J connectivity index is 3.08. The largest absolute Gasteiger partial charge is 0.402 e. The van der Waals surface area contributed by atoms with Crippen molar-refractivity contribution in [1.82, 2.24) is 0 Å². The maximum absolute atomic E-state index is 5.32. The molecule has 0 bridgehead atoms. The average molecular weight is 117 g/mol. The molecule has 0 aliphatic carbocycles. The van der Waals surface area contributed by atoms with Gasteiger partial charge in [0.25, 0.3) is 0 Å². The van der Waals surface area contributed by atoms with Crippen molar-refractivity contribution in [2.75, 3.05) is 5.75 Å². The highest BCUT2D eigenvalue weighted by atomic mass is 32.2. The summed E-state index contributed by atoms with van der Waals surface area (Å²) in [5.74, 6) is 1.11. The second-order valence-corrected chi connectivity index (χ2v) is 2.46. The standard InChI is InChI=1S/C5H11NS/c1-3-7-4-5(2)6/h4H,3,6H2,1-2H3/b5-4-. The first-order chi connectivity index (χ1) is 3.27. The molecule has 1 nitrogen and oxygen atoms in total. The summed E-state index contributed by atoms with van der Waals surface area (Å²) in [7, 11) is 0. The first kappa shape index (κ1) is 6.89. The molecular formula is C5H11NS. The Kier molecular flexibility index (Phi) is 4.00. The van der Waals surface area contributed by atoms with E-state index in [4.69, 9.17) is 5.73 Å². The van der Waals surface area contributed by atoms with E-state index in [9.17, 15) is 0 Å². The number of hydrogen-bond acceptors (Lipinski definition) is 2. The minimum atomic E-state index is 0.895. The number of nitrogens with two attached hydrogens (primary N) is 1. The fourth-order valence-electron chi connectivity index (χ4n) is 0.215. The topological polar surface area (TPSA) is 26.0 Å². The minimum Gasteiger partial charge on any atom is -0.402 e. The van der Waals surface area contributed by atoms with Crippen LogP contribution in [-0.4, -0.2) is 5.75 Å². The zero-order valence-corrected chi connectivity index (χ0v) is 5.59. The molecule has 0 aliphatic rings. The SMILES string of the molecule is CCS/C=C(/C)N. The lowest BCUT2D eigenvalue weighted by Gasteiger charge is -1.85. The third kappa shape index (κ3) is 5.89. The summed E-state index contributed by atoms with van der Waals surface area (Å²) in [6.07, 6.45) is 0. The van der Waals surface area contributed by atoms with E-state index in [1.165, 1.54) is 0 Å². The van der Waals surface area contributed by atoms with Crippen LogP contribution in [0.5, 0.6) is 0 Å². The van der Waals surface area contributed by atoms with Gasteiger partial charge in [-0.3, -0.25) is 0 Å². The molecule has 0 aromatic rings. The van der Waals surface area contributed by atoms with E-state index in [0.717, 1.165) is 11.4 Å². The van der Waals surface area contributed by atoms with Crippen LogP contribution in [0.4, 0.5) is 0 Å². The number of hydrogen-bond donors (Lipinski definition) is 1. The normalized spacial score (nSPS) is 12.0. The lowest BCUT2D eigenvalue weighted by atomic mass is 10.6. The van der Waals surface area contributed by atoms with Gasteiger partial charge < -0.3 is 5.73 Å². The number of allylic oxidation sites excluding steroid dienone is 1. The smallest absolute Gasteiger partial charge is 0.0113 e. The Morgan fingerprint density at radius 2 is 2.43 bits per heavy atom. The van der Waals surface area contributed by atoms with E-state index in [1.807, 2.05) is 12.3 Å². The summed E-state index contributed by atoms with van der Waals surface area (Å²) >= 11 is 1.73. The van der Waals surface area contributed by atoms with Crippen LogP contribution in [0.25, 0.3) is 0 Å². The second kappa shape index (κ2) is 4.06. The monoisotopic (exact) mass is 117 g/mol. The summed E-state index contributed by atoms with van der Waals surface area (Å²) in [6.45, 7) is 3.99. The van der Waals surface area contributed by atoms with Crippen LogP contribution >= 0.6 is 11.8 Å². The van der Waals surface area contributed by atoms with Crippen molar-refractivity contribution >= 4 is 11.8 Å². The molecule has 0 unspecified atom stereocenters. The predicted octanol–water partition coefficient (Wildman–Crippen LogP) is 1.56. The quantitative estimate of drug-likeness (QED) is 0.594. The summed E-state index contributed by atoms with van der Waals surface area (Å²) in [6, 6.07) is 0. The van der Waals surface area contributed by atoms with E-state index in [1.54, 1.807) is 11.8 Å². The molecule has 0 fully saturated rings. The summed E-state index contributed by atoms with van der Waals surface area (Å²) in [5.41, 5.74) is 6.21. The molecule has 42 valence electrons. The first-order valence-corrected chi connectivity index (χ1v) is 3.36. The molecule has 0 heterocycles. The van der Waals surface area contributed by atoms with Crippen molar-refractivity contribution in [3.05, 3.63) is 11.1 Å². The van der Waals surface area contributed by atoms with Crippen molar-refractivity contribution < 1.29 is 0 Å². The van der Waals surface area contributed by atoms with Crippen LogP contribution in [0, 0.1) is 0 Å². The van der Waals surface area contributed by atoms with Crippen molar-refractivity contribution in [1.29, 1.82) is 0 Å². The molecule has 0 aromatic carbocycles. The second-order valence-electron chi connectivity index (χ2n) is 1.32. The van der Waals surface area contributed by atoms with Crippen LogP contribution in [0.2, 0.25) is 0 Å². The molecule has 7 heavy (non-hydrogen) atoms. The van der Waals surface area contributed by atoms with Gasteiger partial charge in [-0.1, -0.05) is 6.92 Å². The molecule has 2 heteroatoms. The average Bonchev–Trinajstić information content (AvgIpc) is 1.61. The lowest BCUT2D eigenvalue weighted by molar-refractivity contribution is 1.33. The van der Waals surface area contributed by atoms with Crippen LogP contribution in [0.3, 0.4) is 0 Å². The third-order valence-electron chi connectivity index (χ3n) is 0.436. The summed E-state index contributed by atoms with van der Waals surface area (Å²) < 4.78 is 0. The zero-order valence-electron chi connectivity index (χ0n) is 4.77. The molecule has 0 saturated heterocycles. The van der Waals surface area contributed by atoms with Crippen LogP contribution < -0.4 is 5.73 Å². The summed E-state index contributed by atoms with van der Waals surface area (Å²) in [5, 5.41) is 1.96. The van der Waals surface area contributed by atoms with Crippen molar-refractivity contribution in [3.8, 4) is 0 Å². The zero-order chi connectivity index (χ0) is 5.70. The van der Waals surface area contributed by atoms with Gasteiger partial charge in [-0.05, 0) is 18.1 Å². The fraction of sp³-hybridized carbons (Fsp3) is 0.600. The minimum absolute atomic E-state index is 0.895. The van der Waals surface area contributed by atoms with Gasteiger partial charge in [-0.25, -0.2) is 0 Å². The van der Waals surface area contributed by atoms with Crippen LogP contribution in [-0.2, 0) is 0 Å². The van der Waals surface area contributed by atoms with Gasteiger partial charge in [0.2, 0.25) is 0 Å². The molecule has 0 spiro atoms. The fourth-order valence-corrected chi connectivity index (χ4v) is 0.644. The van der Waals surface area contributed by atoms with Gasteiger partial charge in [-0.2, -0.15) is 0 Å². The molecule has 0 saturated carbocycles. The van der Waals surface area contributed by atoms with E-state index < -0.39 is 0 Å². The Morgan fingerprint density at radius 1 is 1.86 bits per heavy atom. The number of thioether (sulfide) groups is 1. The van der Waals surface area contributed by atoms with Crippen LogP contribution in [0.1, 0.15) is 13.8 Å². The van der Waals surface area contributed by atoms with E-state index in [0.29, 0.717) is 0 Å². The predicted molar refractivity (Wildman–Crippen MR) is 36.1 cm³/mol. The Hall–Kier alpha value is -0.110. The van der Waals surface area contributed by atoms with E-state index >= 15 is 0 Å². The maximum atomic E-state index is 5.32. The Labute approximate surface area is 49.0 Å². The first-order valence-electron chi connectivity index (χ1n) is 2.31. The molecule has 0 aliphatic heterocycles. The molecule has 0 radical (unpaired) electrons. The maximum Gasteiger partial charge on any atom is 0.0113 e. The molecule has 2 N–H and O–H groups in total. The van der Waals surface area contributed by atoms with Crippen molar-refractivity contribution in [2.45, 2.75) is 13.8 Å². The van der Waals surface area contributed by atoms with Gasteiger partial charge in [-0.15, -0.1) is 11.8 Å². The molecular weight excluding hydrogens is 106 g/mol. The highest BCUT2D eigenvalue weighted by Crippen LogP contribution is 2.00. The Morgan fingerprint density at radius 3 is 2.57 bits per heavy atom. The molecule has 0 aromatic heterocycles. The van der Waals surface area contributed by atoms with E-state index in [2.05, 4.69) is 6.92 Å². The van der Waals surface area contributed by atoms with Gasteiger partial charge in [0.1, 0.15) is 0 Å². The van der Waals surface area contributed by atoms with Crippen LogP contribution in [0.15, 0.2) is 11.1 Å². The lowest BCUT2D eigenvalue weighted by Crippen LogP contribution is -1.87. The highest BCUT2D eigenvalue weighted by Gasteiger charge is 1.73. The molecule has 0 amide bonds. The van der Waals surface area contributed by atoms with Crippen molar-refractivity contribution in [2.24, 2.45) is 5.73 Å². The van der Waals surface area contributed by atoms with Gasteiger partial charge in [0.15, 0.2) is 0 Å². The van der Waals surface area contributed by atoms with Gasteiger partial charge in [0, 0.05) is 5.70 Å². The molecule has 0 atom stereocenters. The highest BCUT2D eigenvalue weighted by molar-refractivity contribution is 8.02. The van der Waals surface area contributed by atoms with Gasteiger partial charge in [0.05, 0.1) is 0 Å². The molecule has 0 rings (SSSR count). The number of rotatable bonds is 2. The van der Waals surface area contributed by atoms with Crippen molar-refractivity contribution in [3.63, 3.8) is 0 Å². The Bertz CT molecular complexity index is 64.5. The third-order valence-corrected chi connectivity index (χ3v) is 1.31. The van der Waals surface area contributed by atoms with Gasteiger partial charge >= 0.3 is 0 Å². The summed E-state index contributed by atoms with van der Waals surface area (Å²) in [4.78, 5) is 0. The van der Waals surface area contributed by atoms with E-state index in [-0.39, 0.29) is 0 Å².